The smallest absolute Gasteiger partial charge is 0.145 e. The summed E-state index contributed by atoms with van der Waals surface area (Å²) in [6.07, 6.45) is 1.69. The Morgan fingerprint density at radius 3 is 2.39 bits per heavy atom. The van der Waals surface area contributed by atoms with Crippen LogP contribution < -0.4 is 4.74 Å². The minimum Gasteiger partial charge on any atom is -0.456 e. The average molecular weight is 245 g/mol. The highest BCUT2D eigenvalue weighted by Gasteiger charge is 2.04. The summed E-state index contributed by atoms with van der Waals surface area (Å²) in [5.41, 5.74) is 1.59. The Balaban J connectivity index is 2.15. The molecule has 0 aliphatic rings. The van der Waals surface area contributed by atoms with Gasteiger partial charge in [-0.2, -0.15) is 0 Å². The van der Waals surface area contributed by atoms with E-state index in [1.165, 1.54) is 6.07 Å². The first-order valence-electron chi connectivity index (χ1n) is 5.96. The van der Waals surface area contributed by atoms with E-state index in [1.54, 1.807) is 25.3 Å². The SMILES string of the molecule is Cc1cc(Oc2ccc(C(C)C)nc2)ccc1F. The van der Waals surface area contributed by atoms with E-state index in [4.69, 9.17) is 4.74 Å². The van der Waals surface area contributed by atoms with Gasteiger partial charge < -0.3 is 4.74 Å². The second-order valence-electron chi connectivity index (χ2n) is 4.59. The minimum absolute atomic E-state index is 0.226. The van der Waals surface area contributed by atoms with Gasteiger partial charge in [0.2, 0.25) is 0 Å². The molecule has 0 spiro atoms. The first-order chi connectivity index (χ1) is 8.56. The van der Waals surface area contributed by atoms with Crippen LogP contribution in [-0.4, -0.2) is 4.98 Å². The topological polar surface area (TPSA) is 22.1 Å². The quantitative estimate of drug-likeness (QED) is 0.797. The molecule has 2 aromatic rings. The average Bonchev–Trinajstić information content (AvgIpc) is 2.34. The molecule has 1 aromatic carbocycles. The first-order valence-corrected chi connectivity index (χ1v) is 5.96. The number of benzene rings is 1. The van der Waals surface area contributed by atoms with Crippen molar-refractivity contribution < 1.29 is 9.13 Å². The molecule has 3 heteroatoms. The van der Waals surface area contributed by atoms with Crippen molar-refractivity contribution in [2.24, 2.45) is 0 Å². The molecular weight excluding hydrogens is 229 g/mol. The predicted molar refractivity (Wildman–Crippen MR) is 69.5 cm³/mol. The van der Waals surface area contributed by atoms with Crippen LogP contribution in [-0.2, 0) is 0 Å². The number of aryl methyl sites for hydroxylation is 1. The summed E-state index contributed by atoms with van der Waals surface area (Å²) < 4.78 is 18.7. The molecule has 0 saturated carbocycles. The summed E-state index contributed by atoms with van der Waals surface area (Å²) in [4.78, 5) is 4.32. The number of rotatable bonds is 3. The summed E-state index contributed by atoms with van der Waals surface area (Å²) in [5, 5.41) is 0. The van der Waals surface area contributed by atoms with Crippen LogP contribution in [0.15, 0.2) is 36.5 Å². The fourth-order valence-corrected chi connectivity index (χ4v) is 1.61. The summed E-state index contributed by atoms with van der Waals surface area (Å²) >= 11 is 0. The van der Waals surface area contributed by atoms with Gasteiger partial charge >= 0.3 is 0 Å². The Labute approximate surface area is 106 Å². The number of nitrogens with zero attached hydrogens (tertiary/aromatic N) is 1. The number of aromatic nitrogens is 1. The van der Waals surface area contributed by atoms with E-state index < -0.39 is 0 Å². The molecule has 0 fully saturated rings. The summed E-state index contributed by atoms with van der Waals surface area (Å²) in [6, 6.07) is 8.50. The molecule has 0 atom stereocenters. The number of ether oxygens (including phenoxy) is 1. The number of halogens is 1. The Morgan fingerprint density at radius 1 is 1.11 bits per heavy atom. The van der Waals surface area contributed by atoms with Crippen LogP contribution >= 0.6 is 0 Å². The highest BCUT2D eigenvalue weighted by Crippen LogP contribution is 2.23. The fraction of sp³-hybridized carbons (Fsp3) is 0.267. The lowest BCUT2D eigenvalue weighted by atomic mass is 10.1. The molecule has 0 bridgehead atoms. The monoisotopic (exact) mass is 245 g/mol. The van der Waals surface area contributed by atoms with Crippen molar-refractivity contribution in [3.8, 4) is 11.5 Å². The first kappa shape index (κ1) is 12.6. The number of pyridine rings is 1. The van der Waals surface area contributed by atoms with Gasteiger partial charge in [-0.25, -0.2) is 4.39 Å². The van der Waals surface area contributed by atoms with E-state index in [2.05, 4.69) is 18.8 Å². The molecule has 0 amide bonds. The van der Waals surface area contributed by atoms with Crippen molar-refractivity contribution >= 4 is 0 Å². The summed E-state index contributed by atoms with van der Waals surface area (Å²) in [5.74, 6) is 1.45. The molecule has 2 nitrogen and oxygen atoms in total. The maximum atomic E-state index is 13.1. The van der Waals surface area contributed by atoms with Gasteiger partial charge in [0, 0.05) is 5.69 Å². The second-order valence-corrected chi connectivity index (χ2v) is 4.59. The van der Waals surface area contributed by atoms with Crippen LogP contribution in [0.2, 0.25) is 0 Å². The molecular formula is C15H16FNO. The van der Waals surface area contributed by atoms with E-state index in [-0.39, 0.29) is 5.82 Å². The van der Waals surface area contributed by atoms with E-state index in [0.717, 1.165) is 5.69 Å². The van der Waals surface area contributed by atoms with Gasteiger partial charge in [0.1, 0.15) is 17.3 Å². The van der Waals surface area contributed by atoms with Gasteiger partial charge in [0.15, 0.2) is 0 Å². The van der Waals surface area contributed by atoms with Crippen LogP contribution in [0.25, 0.3) is 0 Å². The third-order valence-corrected chi connectivity index (χ3v) is 2.72. The zero-order chi connectivity index (χ0) is 13.1. The van der Waals surface area contributed by atoms with Gasteiger partial charge in [-0.15, -0.1) is 0 Å². The molecule has 0 unspecified atom stereocenters. The maximum Gasteiger partial charge on any atom is 0.145 e. The lowest BCUT2D eigenvalue weighted by molar-refractivity contribution is 0.476. The van der Waals surface area contributed by atoms with E-state index >= 15 is 0 Å². The van der Waals surface area contributed by atoms with Gasteiger partial charge in [-0.05, 0) is 48.7 Å². The van der Waals surface area contributed by atoms with Crippen LogP contribution in [0.3, 0.4) is 0 Å². The molecule has 0 aliphatic carbocycles. The molecule has 2 rings (SSSR count). The third kappa shape index (κ3) is 2.86. The molecule has 18 heavy (non-hydrogen) atoms. The Bertz CT molecular complexity index is 535. The Hall–Kier alpha value is -1.90. The van der Waals surface area contributed by atoms with Crippen molar-refractivity contribution in [2.75, 3.05) is 0 Å². The number of hydrogen-bond donors (Lipinski definition) is 0. The molecule has 0 radical (unpaired) electrons. The molecule has 0 saturated heterocycles. The molecule has 0 aliphatic heterocycles. The minimum atomic E-state index is -0.226. The lowest BCUT2D eigenvalue weighted by Crippen LogP contribution is -1.93. The van der Waals surface area contributed by atoms with Crippen molar-refractivity contribution in [1.29, 1.82) is 0 Å². The molecule has 94 valence electrons. The van der Waals surface area contributed by atoms with Crippen molar-refractivity contribution in [3.05, 3.63) is 53.6 Å². The van der Waals surface area contributed by atoms with E-state index in [1.807, 2.05) is 12.1 Å². The molecule has 1 heterocycles. The van der Waals surface area contributed by atoms with Crippen molar-refractivity contribution in [3.63, 3.8) is 0 Å². The largest absolute Gasteiger partial charge is 0.456 e. The normalized spacial score (nSPS) is 10.7. The zero-order valence-corrected chi connectivity index (χ0v) is 10.8. The van der Waals surface area contributed by atoms with Gasteiger partial charge in [-0.3, -0.25) is 4.98 Å². The summed E-state index contributed by atoms with van der Waals surface area (Å²) in [6.45, 7) is 5.89. The van der Waals surface area contributed by atoms with Crippen molar-refractivity contribution in [2.45, 2.75) is 26.7 Å². The second kappa shape index (κ2) is 5.17. The van der Waals surface area contributed by atoms with Crippen LogP contribution in [0, 0.1) is 12.7 Å². The lowest BCUT2D eigenvalue weighted by Gasteiger charge is -2.08. The van der Waals surface area contributed by atoms with Gasteiger partial charge in [-0.1, -0.05) is 13.8 Å². The zero-order valence-electron chi connectivity index (χ0n) is 10.8. The third-order valence-electron chi connectivity index (χ3n) is 2.72. The molecule has 1 aromatic heterocycles. The van der Waals surface area contributed by atoms with E-state index in [9.17, 15) is 4.39 Å². The fourth-order valence-electron chi connectivity index (χ4n) is 1.61. The maximum absolute atomic E-state index is 13.1. The predicted octanol–water partition coefficient (Wildman–Crippen LogP) is 4.44. The van der Waals surface area contributed by atoms with Crippen LogP contribution in [0.1, 0.15) is 31.0 Å². The standard InChI is InChI=1S/C15H16FNO/c1-10(2)15-7-5-13(9-17-15)18-12-4-6-14(16)11(3)8-12/h4-10H,1-3H3. The highest BCUT2D eigenvalue weighted by molar-refractivity contribution is 5.33. The van der Waals surface area contributed by atoms with Gasteiger partial charge in [0.25, 0.3) is 0 Å². The van der Waals surface area contributed by atoms with Crippen LogP contribution in [0.5, 0.6) is 11.5 Å². The van der Waals surface area contributed by atoms with Crippen molar-refractivity contribution in [1.82, 2.24) is 4.98 Å². The number of hydrogen-bond acceptors (Lipinski definition) is 2. The summed E-state index contributed by atoms with van der Waals surface area (Å²) in [7, 11) is 0. The van der Waals surface area contributed by atoms with E-state index in [0.29, 0.717) is 23.0 Å². The molecule has 0 N–H and O–H groups in total. The Morgan fingerprint density at radius 2 is 1.83 bits per heavy atom. The van der Waals surface area contributed by atoms with Crippen LogP contribution in [0.4, 0.5) is 4.39 Å². The highest BCUT2D eigenvalue weighted by atomic mass is 19.1. The Kier molecular flexibility index (Phi) is 3.60. The van der Waals surface area contributed by atoms with Gasteiger partial charge in [0.05, 0.1) is 6.20 Å².